The molecule has 1 N–H and O–H groups in total. The van der Waals surface area contributed by atoms with Gasteiger partial charge in [0.1, 0.15) is 12.1 Å². The van der Waals surface area contributed by atoms with Crippen LogP contribution in [0.1, 0.15) is 50.5 Å². The smallest absolute Gasteiger partial charge is 0.325 e. The van der Waals surface area contributed by atoms with Crippen molar-refractivity contribution in [3.8, 4) is 0 Å². The number of hydrogen-bond acceptors (Lipinski definition) is 3. The van der Waals surface area contributed by atoms with E-state index in [1.54, 1.807) is 0 Å². The third kappa shape index (κ3) is 3.77. The van der Waals surface area contributed by atoms with Crippen molar-refractivity contribution in [2.24, 2.45) is 5.92 Å². The molecule has 150 valence electrons. The Morgan fingerprint density at radius 3 is 2.43 bits per heavy atom. The summed E-state index contributed by atoms with van der Waals surface area (Å²) in [6.07, 6.45) is 7.47. The Labute approximate surface area is 166 Å². The minimum Gasteiger partial charge on any atom is -0.341 e. The number of aryl methyl sites for hydroxylation is 1. The number of carbonyl (C=O) groups is 3. The van der Waals surface area contributed by atoms with Gasteiger partial charge in [-0.05, 0) is 50.0 Å². The van der Waals surface area contributed by atoms with Gasteiger partial charge < -0.3 is 10.2 Å². The zero-order valence-electron chi connectivity index (χ0n) is 16.4. The van der Waals surface area contributed by atoms with Gasteiger partial charge in [0.2, 0.25) is 5.91 Å². The van der Waals surface area contributed by atoms with E-state index in [9.17, 15) is 14.4 Å². The maximum atomic E-state index is 12.7. The first kappa shape index (κ1) is 19.0. The minimum absolute atomic E-state index is 0.111. The van der Waals surface area contributed by atoms with Crippen molar-refractivity contribution >= 4 is 17.8 Å². The summed E-state index contributed by atoms with van der Waals surface area (Å²) < 4.78 is 0. The second-order valence-corrected chi connectivity index (χ2v) is 8.46. The highest BCUT2D eigenvalue weighted by atomic mass is 16.2. The van der Waals surface area contributed by atoms with Gasteiger partial charge in [-0.2, -0.15) is 0 Å². The van der Waals surface area contributed by atoms with E-state index >= 15 is 0 Å². The van der Waals surface area contributed by atoms with Crippen molar-refractivity contribution in [2.75, 3.05) is 19.6 Å². The zero-order chi connectivity index (χ0) is 19.6. The van der Waals surface area contributed by atoms with Gasteiger partial charge in [0.05, 0.1) is 0 Å². The first-order chi connectivity index (χ1) is 13.6. The second-order valence-electron chi connectivity index (χ2n) is 8.46. The van der Waals surface area contributed by atoms with Crippen LogP contribution in [0.15, 0.2) is 30.3 Å². The number of benzene rings is 1. The first-order valence-corrected chi connectivity index (χ1v) is 10.5. The molecule has 3 fully saturated rings. The number of rotatable bonds is 5. The topological polar surface area (TPSA) is 69.7 Å². The molecular weight excluding hydrogens is 354 g/mol. The lowest BCUT2D eigenvalue weighted by Gasteiger charge is -2.33. The summed E-state index contributed by atoms with van der Waals surface area (Å²) in [6, 6.07) is 10.1. The molecule has 0 aromatic heterocycles. The number of urea groups is 1. The van der Waals surface area contributed by atoms with Gasteiger partial charge in [0, 0.05) is 13.1 Å². The molecule has 1 saturated carbocycles. The highest BCUT2D eigenvalue weighted by Crippen LogP contribution is 2.35. The molecule has 0 atom stereocenters. The summed E-state index contributed by atoms with van der Waals surface area (Å²) in [4.78, 5) is 40.6. The number of nitrogens with zero attached hydrogens (tertiary/aromatic N) is 2. The van der Waals surface area contributed by atoms with Crippen LogP contribution in [0, 0.1) is 5.92 Å². The van der Waals surface area contributed by atoms with Gasteiger partial charge in [-0.3, -0.25) is 14.5 Å². The Morgan fingerprint density at radius 2 is 1.75 bits per heavy atom. The van der Waals surface area contributed by atoms with E-state index in [0.29, 0.717) is 31.8 Å². The van der Waals surface area contributed by atoms with Crippen LogP contribution in [0.5, 0.6) is 0 Å². The fourth-order valence-electron chi connectivity index (χ4n) is 4.86. The lowest BCUT2D eigenvalue weighted by atomic mass is 9.90. The molecule has 2 aliphatic heterocycles. The molecule has 1 spiro atoms. The molecule has 1 aromatic rings. The highest BCUT2D eigenvalue weighted by Gasteiger charge is 2.52. The van der Waals surface area contributed by atoms with Gasteiger partial charge in [-0.25, -0.2) is 4.79 Å². The molecule has 1 aliphatic carbocycles. The monoisotopic (exact) mass is 383 g/mol. The second kappa shape index (κ2) is 7.94. The maximum absolute atomic E-state index is 12.7. The van der Waals surface area contributed by atoms with Gasteiger partial charge in [0.15, 0.2) is 0 Å². The fraction of sp³-hybridized carbons (Fsp3) is 0.591. The van der Waals surface area contributed by atoms with E-state index < -0.39 is 11.6 Å². The van der Waals surface area contributed by atoms with Crippen LogP contribution < -0.4 is 5.32 Å². The van der Waals surface area contributed by atoms with Crippen LogP contribution in [0.2, 0.25) is 0 Å². The van der Waals surface area contributed by atoms with Crippen LogP contribution >= 0.6 is 0 Å². The third-order valence-corrected chi connectivity index (χ3v) is 6.65. The predicted octanol–water partition coefficient (Wildman–Crippen LogP) is 2.72. The van der Waals surface area contributed by atoms with Crippen molar-refractivity contribution in [3.05, 3.63) is 35.9 Å². The van der Waals surface area contributed by atoms with E-state index in [1.165, 1.54) is 5.56 Å². The van der Waals surface area contributed by atoms with Crippen LogP contribution in [0.3, 0.4) is 0 Å². The van der Waals surface area contributed by atoms with Crippen molar-refractivity contribution in [2.45, 2.75) is 56.9 Å². The summed E-state index contributed by atoms with van der Waals surface area (Å²) in [6.45, 7) is 1.31. The van der Waals surface area contributed by atoms with E-state index in [-0.39, 0.29) is 18.4 Å². The molecule has 3 aliphatic rings. The highest BCUT2D eigenvalue weighted by molar-refractivity contribution is 6.09. The van der Waals surface area contributed by atoms with Crippen LogP contribution in [-0.4, -0.2) is 52.8 Å². The van der Waals surface area contributed by atoms with Crippen LogP contribution in [0.4, 0.5) is 4.79 Å². The molecular formula is C22H29N3O3. The normalized spacial score (nSPS) is 22.1. The molecule has 2 saturated heterocycles. The largest absolute Gasteiger partial charge is 0.341 e. The van der Waals surface area contributed by atoms with E-state index in [1.807, 2.05) is 11.0 Å². The number of likely N-dealkylation sites (tertiary alicyclic amines) is 1. The number of imide groups is 1. The standard InChI is InChI=1S/C22H29N3O3/c26-19(16-25-20(27)22(23-21(25)28)12-4-5-13-22)24-14-10-18(11-15-24)9-8-17-6-2-1-3-7-17/h1-3,6-7,18H,4-5,8-16H2,(H,23,28). The van der Waals surface area contributed by atoms with Crippen molar-refractivity contribution in [3.63, 3.8) is 0 Å². The fourth-order valence-corrected chi connectivity index (χ4v) is 4.86. The van der Waals surface area contributed by atoms with Gasteiger partial charge in [-0.1, -0.05) is 43.2 Å². The zero-order valence-corrected chi connectivity index (χ0v) is 16.4. The minimum atomic E-state index is -0.734. The lowest BCUT2D eigenvalue weighted by molar-refractivity contribution is -0.139. The summed E-state index contributed by atoms with van der Waals surface area (Å²) in [5, 5.41) is 2.84. The average Bonchev–Trinajstić information content (AvgIpc) is 3.28. The number of hydrogen-bond donors (Lipinski definition) is 1. The summed E-state index contributed by atoms with van der Waals surface area (Å²) in [5.41, 5.74) is 0.627. The molecule has 2 heterocycles. The maximum Gasteiger partial charge on any atom is 0.325 e. The molecule has 4 amide bonds. The lowest BCUT2D eigenvalue weighted by Crippen LogP contribution is -2.47. The van der Waals surface area contributed by atoms with Crippen LogP contribution in [-0.2, 0) is 16.0 Å². The molecule has 0 unspecified atom stereocenters. The van der Waals surface area contributed by atoms with Gasteiger partial charge >= 0.3 is 6.03 Å². The molecule has 0 bridgehead atoms. The number of amides is 4. The Hall–Kier alpha value is -2.37. The SMILES string of the molecule is O=C(CN1C(=O)NC2(CCCC2)C1=O)N1CCC(CCc2ccccc2)CC1. The molecule has 1 aromatic carbocycles. The summed E-state index contributed by atoms with van der Waals surface area (Å²) in [5.74, 6) is 0.309. The predicted molar refractivity (Wildman–Crippen MR) is 106 cm³/mol. The summed E-state index contributed by atoms with van der Waals surface area (Å²) in [7, 11) is 0. The Balaban J connectivity index is 1.25. The molecule has 6 heteroatoms. The van der Waals surface area contributed by atoms with Gasteiger partial charge in [0.25, 0.3) is 5.91 Å². The number of piperidine rings is 1. The molecule has 28 heavy (non-hydrogen) atoms. The molecule has 0 radical (unpaired) electrons. The number of nitrogens with one attached hydrogen (secondary N) is 1. The summed E-state index contributed by atoms with van der Waals surface area (Å²) >= 11 is 0. The van der Waals surface area contributed by atoms with Crippen molar-refractivity contribution in [1.29, 1.82) is 0 Å². The Morgan fingerprint density at radius 1 is 1.07 bits per heavy atom. The first-order valence-electron chi connectivity index (χ1n) is 10.5. The van der Waals surface area contributed by atoms with E-state index in [2.05, 4.69) is 29.6 Å². The Kier molecular flexibility index (Phi) is 5.38. The van der Waals surface area contributed by atoms with Crippen LogP contribution in [0.25, 0.3) is 0 Å². The van der Waals surface area contributed by atoms with E-state index in [4.69, 9.17) is 0 Å². The van der Waals surface area contributed by atoms with Crippen molar-refractivity contribution in [1.82, 2.24) is 15.1 Å². The molecule has 6 nitrogen and oxygen atoms in total. The Bertz CT molecular complexity index is 735. The third-order valence-electron chi connectivity index (χ3n) is 6.65. The number of carbonyl (C=O) groups excluding carboxylic acids is 3. The molecule has 4 rings (SSSR count). The average molecular weight is 383 g/mol. The van der Waals surface area contributed by atoms with Gasteiger partial charge in [-0.15, -0.1) is 0 Å². The van der Waals surface area contributed by atoms with Crippen molar-refractivity contribution < 1.29 is 14.4 Å². The van der Waals surface area contributed by atoms with E-state index in [0.717, 1.165) is 43.4 Å². The quantitative estimate of drug-likeness (QED) is 0.795.